The highest BCUT2D eigenvalue weighted by Crippen LogP contribution is 2.24. The number of rotatable bonds is 5. The van der Waals surface area contributed by atoms with Crippen LogP contribution in [0.2, 0.25) is 10.0 Å². The summed E-state index contributed by atoms with van der Waals surface area (Å²) in [5.74, 6) is -0.128. The van der Waals surface area contributed by atoms with Crippen molar-refractivity contribution in [2.45, 2.75) is 19.2 Å². The number of aromatic nitrogens is 1. The van der Waals surface area contributed by atoms with Gasteiger partial charge >= 0.3 is 0 Å². The second kappa shape index (κ2) is 8.63. The van der Waals surface area contributed by atoms with Crippen LogP contribution in [-0.2, 0) is 27.4 Å². The van der Waals surface area contributed by atoms with Crippen LogP contribution in [0.5, 0.6) is 0 Å². The maximum absolute atomic E-state index is 12.9. The highest BCUT2D eigenvalue weighted by atomic mass is 35.5. The summed E-state index contributed by atoms with van der Waals surface area (Å²) >= 11 is 12.1. The number of benzene rings is 1. The summed E-state index contributed by atoms with van der Waals surface area (Å²) in [5, 5.41) is 0.943. The summed E-state index contributed by atoms with van der Waals surface area (Å²) in [7, 11) is 0. The minimum Gasteiger partial charge on any atom is -0.376 e. The van der Waals surface area contributed by atoms with E-state index in [1.165, 1.54) is 0 Å². The molecule has 2 heterocycles. The molecular weight excluding hydrogens is 363 g/mol. The van der Waals surface area contributed by atoms with E-state index in [4.69, 9.17) is 32.7 Å². The lowest BCUT2D eigenvalue weighted by Gasteiger charge is -2.29. The van der Waals surface area contributed by atoms with E-state index >= 15 is 0 Å². The molecule has 132 valence electrons. The Morgan fingerprint density at radius 1 is 1.16 bits per heavy atom. The number of carbonyl (C=O) groups excluding carboxylic acids is 1. The number of hydrogen-bond acceptors (Lipinski definition) is 4. The molecule has 0 radical (unpaired) electrons. The minimum absolute atomic E-state index is 0.128. The molecule has 0 aliphatic carbocycles. The zero-order valence-electron chi connectivity index (χ0n) is 13.5. The number of ether oxygens (including phenoxy) is 2. The van der Waals surface area contributed by atoms with Crippen molar-refractivity contribution in [3.8, 4) is 0 Å². The monoisotopic (exact) mass is 380 g/mol. The van der Waals surface area contributed by atoms with Gasteiger partial charge in [0.25, 0.3) is 5.91 Å². The van der Waals surface area contributed by atoms with Crippen molar-refractivity contribution in [2.24, 2.45) is 0 Å². The lowest BCUT2D eigenvalue weighted by Crippen LogP contribution is -2.44. The molecule has 0 saturated carbocycles. The molecule has 1 aliphatic heterocycles. The molecule has 5 nitrogen and oxygen atoms in total. The van der Waals surface area contributed by atoms with E-state index in [0.717, 1.165) is 11.3 Å². The van der Waals surface area contributed by atoms with Gasteiger partial charge in [0.15, 0.2) is 6.10 Å². The Kier molecular flexibility index (Phi) is 6.26. The van der Waals surface area contributed by atoms with Crippen molar-refractivity contribution in [3.63, 3.8) is 0 Å². The summed E-state index contributed by atoms with van der Waals surface area (Å²) in [6, 6.07) is 11.0. The first-order valence-corrected chi connectivity index (χ1v) is 8.71. The summed E-state index contributed by atoms with van der Waals surface area (Å²) < 4.78 is 10.9. The number of pyridine rings is 1. The second-order valence-corrected chi connectivity index (χ2v) is 6.51. The molecule has 0 N–H and O–H groups in total. The third-order valence-corrected chi connectivity index (χ3v) is 4.58. The lowest BCUT2D eigenvalue weighted by molar-refractivity contribution is -0.159. The number of nitrogens with zero attached hydrogens (tertiary/aromatic N) is 2. The topological polar surface area (TPSA) is 51.7 Å². The molecule has 0 unspecified atom stereocenters. The second-order valence-electron chi connectivity index (χ2n) is 5.70. The number of carbonyl (C=O) groups is 1. The van der Waals surface area contributed by atoms with Crippen molar-refractivity contribution in [2.75, 3.05) is 19.8 Å². The average Bonchev–Trinajstić information content (AvgIpc) is 2.65. The fourth-order valence-electron chi connectivity index (χ4n) is 2.59. The van der Waals surface area contributed by atoms with E-state index in [1.807, 2.05) is 24.3 Å². The van der Waals surface area contributed by atoms with Gasteiger partial charge in [-0.15, -0.1) is 0 Å². The first-order valence-electron chi connectivity index (χ1n) is 7.95. The molecule has 1 atom stereocenters. The van der Waals surface area contributed by atoms with Gasteiger partial charge in [0.05, 0.1) is 42.1 Å². The van der Waals surface area contributed by atoms with Crippen LogP contribution in [0.3, 0.4) is 0 Å². The maximum Gasteiger partial charge on any atom is 0.254 e. The largest absolute Gasteiger partial charge is 0.376 e. The van der Waals surface area contributed by atoms with Crippen LogP contribution in [-0.4, -0.2) is 41.7 Å². The Morgan fingerprint density at radius 2 is 2.04 bits per heavy atom. The van der Waals surface area contributed by atoms with E-state index in [0.29, 0.717) is 36.3 Å². The molecule has 1 amide bonds. The van der Waals surface area contributed by atoms with Gasteiger partial charge in [-0.2, -0.15) is 0 Å². The maximum atomic E-state index is 12.9. The summed E-state index contributed by atoms with van der Waals surface area (Å²) in [6.07, 6.45) is 1.11. The highest BCUT2D eigenvalue weighted by Gasteiger charge is 2.28. The number of hydrogen-bond donors (Lipinski definition) is 0. The Balaban J connectivity index is 1.79. The number of amides is 1. The van der Waals surface area contributed by atoms with Crippen LogP contribution in [0, 0.1) is 0 Å². The van der Waals surface area contributed by atoms with E-state index < -0.39 is 6.10 Å². The van der Waals surface area contributed by atoms with Gasteiger partial charge in [-0.1, -0.05) is 35.3 Å². The summed E-state index contributed by atoms with van der Waals surface area (Å²) in [6.45, 7) is 1.95. The molecule has 1 fully saturated rings. The van der Waals surface area contributed by atoms with E-state index in [1.54, 1.807) is 23.2 Å². The highest BCUT2D eigenvalue weighted by molar-refractivity contribution is 6.42. The summed E-state index contributed by atoms with van der Waals surface area (Å²) in [5.41, 5.74) is 1.68. The molecular formula is C18H18Cl2N2O3. The SMILES string of the molecule is O=C([C@@H]1COCCO1)N(Cc1ccc(Cl)c(Cl)c1)Cc1ccccn1. The molecule has 7 heteroatoms. The van der Waals surface area contributed by atoms with Gasteiger partial charge in [-0.25, -0.2) is 0 Å². The standard InChI is InChI=1S/C18H18Cl2N2O3/c19-15-5-4-13(9-16(15)20)10-22(11-14-3-1-2-6-21-14)18(23)17-12-24-7-8-25-17/h1-6,9,17H,7-8,10-12H2/t17-/m0/s1. The zero-order chi connectivity index (χ0) is 17.6. The first kappa shape index (κ1) is 18.1. The van der Waals surface area contributed by atoms with Crippen molar-refractivity contribution in [1.29, 1.82) is 0 Å². The fraction of sp³-hybridized carbons (Fsp3) is 0.333. The summed E-state index contributed by atoms with van der Waals surface area (Å²) in [4.78, 5) is 18.9. The zero-order valence-corrected chi connectivity index (χ0v) is 15.0. The third-order valence-electron chi connectivity index (χ3n) is 3.84. The van der Waals surface area contributed by atoms with E-state index in [9.17, 15) is 4.79 Å². The van der Waals surface area contributed by atoms with E-state index in [-0.39, 0.29) is 12.5 Å². The molecule has 3 rings (SSSR count). The van der Waals surface area contributed by atoms with Gasteiger partial charge in [0.2, 0.25) is 0 Å². The molecule has 1 aliphatic rings. The average molecular weight is 381 g/mol. The van der Waals surface area contributed by atoms with Crippen molar-refractivity contribution >= 4 is 29.1 Å². The van der Waals surface area contributed by atoms with Crippen molar-refractivity contribution in [1.82, 2.24) is 9.88 Å². The predicted molar refractivity (Wildman–Crippen MR) is 95.5 cm³/mol. The molecule has 1 aromatic carbocycles. The quantitative estimate of drug-likeness (QED) is 0.797. The van der Waals surface area contributed by atoms with Crippen molar-refractivity contribution < 1.29 is 14.3 Å². The molecule has 0 bridgehead atoms. The first-order chi connectivity index (χ1) is 12.1. The van der Waals surface area contributed by atoms with Gasteiger partial charge in [-0.05, 0) is 29.8 Å². The Bertz CT molecular complexity index is 722. The molecule has 25 heavy (non-hydrogen) atoms. The fourth-order valence-corrected chi connectivity index (χ4v) is 2.91. The molecule has 0 spiro atoms. The van der Waals surface area contributed by atoms with Crippen LogP contribution in [0.4, 0.5) is 0 Å². The Hall–Kier alpha value is -1.66. The predicted octanol–water partition coefficient (Wildman–Crippen LogP) is 3.33. The molecule has 1 aromatic heterocycles. The van der Waals surface area contributed by atoms with Gasteiger partial charge in [-0.3, -0.25) is 9.78 Å². The molecule has 1 saturated heterocycles. The van der Waals surface area contributed by atoms with Crippen LogP contribution in [0.15, 0.2) is 42.6 Å². The normalized spacial score (nSPS) is 17.3. The third kappa shape index (κ3) is 4.92. The van der Waals surface area contributed by atoms with Crippen LogP contribution >= 0.6 is 23.2 Å². The van der Waals surface area contributed by atoms with Gasteiger partial charge in [0, 0.05) is 12.7 Å². The lowest BCUT2D eigenvalue weighted by atomic mass is 10.2. The van der Waals surface area contributed by atoms with E-state index in [2.05, 4.69) is 4.98 Å². The van der Waals surface area contributed by atoms with Gasteiger partial charge < -0.3 is 14.4 Å². The van der Waals surface area contributed by atoms with Crippen LogP contribution < -0.4 is 0 Å². The Labute approximate surface area is 156 Å². The van der Waals surface area contributed by atoms with Crippen LogP contribution in [0.25, 0.3) is 0 Å². The van der Waals surface area contributed by atoms with Crippen molar-refractivity contribution in [3.05, 3.63) is 63.9 Å². The minimum atomic E-state index is -0.597. The van der Waals surface area contributed by atoms with Crippen LogP contribution in [0.1, 0.15) is 11.3 Å². The Morgan fingerprint density at radius 3 is 2.72 bits per heavy atom. The number of halogens is 2. The molecule has 2 aromatic rings. The van der Waals surface area contributed by atoms with Gasteiger partial charge in [0.1, 0.15) is 0 Å². The smallest absolute Gasteiger partial charge is 0.254 e.